The van der Waals surface area contributed by atoms with Crippen LogP contribution in [0.4, 0.5) is 0 Å². The lowest BCUT2D eigenvalue weighted by Gasteiger charge is -2.29. The van der Waals surface area contributed by atoms with E-state index in [1.165, 1.54) is 6.42 Å². The van der Waals surface area contributed by atoms with Crippen molar-refractivity contribution in [2.24, 2.45) is 5.92 Å². The van der Waals surface area contributed by atoms with Crippen molar-refractivity contribution >= 4 is 34.4 Å². The predicted octanol–water partition coefficient (Wildman–Crippen LogP) is 5.56. The van der Waals surface area contributed by atoms with Crippen LogP contribution in [0.3, 0.4) is 0 Å². The van der Waals surface area contributed by atoms with Gasteiger partial charge in [-0.05, 0) is 73.4 Å². The van der Waals surface area contributed by atoms with E-state index in [0.717, 1.165) is 72.0 Å². The minimum Gasteiger partial charge on any atom is -0.465 e. The summed E-state index contributed by atoms with van der Waals surface area (Å²) < 4.78 is 11.1. The molecule has 6 nitrogen and oxygen atoms in total. The third-order valence-electron chi connectivity index (χ3n) is 7.03. The van der Waals surface area contributed by atoms with E-state index in [1.54, 1.807) is 6.26 Å². The molecule has 1 amide bonds. The molecule has 2 aliphatic rings. The lowest BCUT2D eigenvalue weighted by atomic mass is 9.86. The Morgan fingerprint density at radius 3 is 2.79 bits per heavy atom. The maximum absolute atomic E-state index is 13.3. The van der Waals surface area contributed by atoms with Gasteiger partial charge in [0.1, 0.15) is 5.76 Å². The molecule has 176 valence electrons. The Morgan fingerprint density at radius 2 is 1.97 bits per heavy atom. The highest BCUT2D eigenvalue weighted by Crippen LogP contribution is 2.36. The van der Waals surface area contributed by atoms with E-state index in [-0.39, 0.29) is 18.6 Å². The first-order valence-electron chi connectivity index (χ1n) is 12.2. The van der Waals surface area contributed by atoms with Crippen molar-refractivity contribution in [2.75, 3.05) is 6.61 Å². The van der Waals surface area contributed by atoms with E-state index in [1.807, 2.05) is 42.5 Å². The van der Waals surface area contributed by atoms with E-state index in [9.17, 15) is 9.59 Å². The number of benzene rings is 1. The molecule has 2 atom stereocenters. The van der Waals surface area contributed by atoms with Gasteiger partial charge in [-0.3, -0.25) is 4.79 Å². The highest BCUT2D eigenvalue weighted by Gasteiger charge is 2.27. The van der Waals surface area contributed by atoms with Gasteiger partial charge in [-0.2, -0.15) is 0 Å². The molecule has 1 N–H and O–H groups in total. The average Bonchev–Trinajstić information content (AvgIpc) is 3.36. The summed E-state index contributed by atoms with van der Waals surface area (Å²) in [5.74, 6) is 0.498. The molecule has 2 heterocycles. The van der Waals surface area contributed by atoms with Crippen molar-refractivity contribution in [3.05, 3.63) is 65.2 Å². The smallest absolute Gasteiger partial charge is 0.339 e. The second-order valence-corrected chi connectivity index (χ2v) is 9.38. The number of carbonyl (C=O) groups is 2. The Kier molecular flexibility index (Phi) is 6.48. The summed E-state index contributed by atoms with van der Waals surface area (Å²) in [5, 5.41) is 3.82. The van der Waals surface area contributed by atoms with Crippen molar-refractivity contribution in [1.29, 1.82) is 0 Å². The Hall–Kier alpha value is -3.41. The second-order valence-electron chi connectivity index (χ2n) is 9.38. The largest absolute Gasteiger partial charge is 0.465 e. The fourth-order valence-electron chi connectivity index (χ4n) is 5.24. The molecule has 0 bridgehead atoms. The van der Waals surface area contributed by atoms with Crippen LogP contribution in [0, 0.1) is 5.92 Å². The van der Waals surface area contributed by atoms with Crippen LogP contribution in [0.25, 0.3) is 22.6 Å². The van der Waals surface area contributed by atoms with E-state index in [0.29, 0.717) is 11.5 Å². The third kappa shape index (κ3) is 4.63. The van der Waals surface area contributed by atoms with Crippen LogP contribution in [0.1, 0.15) is 72.8 Å². The average molecular weight is 459 g/mol. The number of rotatable bonds is 5. The first-order chi connectivity index (χ1) is 16.6. The number of ether oxygens (including phenoxy) is 1. The van der Waals surface area contributed by atoms with Crippen LogP contribution >= 0.6 is 0 Å². The van der Waals surface area contributed by atoms with Gasteiger partial charge in [0, 0.05) is 11.4 Å². The summed E-state index contributed by atoms with van der Waals surface area (Å²) in [6.07, 6.45) is 10.6. The maximum Gasteiger partial charge on any atom is 0.339 e. The van der Waals surface area contributed by atoms with Crippen molar-refractivity contribution in [1.82, 2.24) is 10.3 Å². The third-order valence-corrected chi connectivity index (χ3v) is 7.03. The number of furan rings is 1. The molecule has 3 aromatic rings. The van der Waals surface area contributed by atoms with Gasteiger partial charge in [0.05, 0.1) is 23.0 Å². The van der Waals surface area contributed by atoms with Crippen molar-refractivity contribution in [3.63, 3.8) is 0 Å². The molecular weight excluding hydrogens is 428 g/mol. The minimum absolute atomic E-state index is 0.156. The minimum atomic E-state index is -0.471. The van der Waals surface area contributed by atoms with Crippen LogP contribution in [0.15, 0.2) is 47.1 Å². The van der Waals surface area contributed by atoms with Gasteiger partial charge >= 0.3 is 5.97 Å². The number of nitrogens with zero attached hydrogens (tertiary/aromatic N) is 1. The number of allylic oxidation sites excluding steroid dienone is 1. The van der Waals surface area contributed by atoms with Gasteiger partial charge in [-0.15, -0.1) is 0 Å². The summed E-state index contributed by atoms with van der Waals surface area (Å²) in [7, 11) is 0. The topological polar surface area (TPSA) is 81.4 Å². The van der Waals surface area contributed by atoms with Crippen LogP contribution in [-0.2, 0) is 16.0 Å². The molecule has 1 fully saturated rings. The van der Waals surface area contributed by atoms with E-state index in [2.05, 4.69) is 12.2 Å². The van der Waals surface area contributed by atoms with E-state index in [4.69, 9.17) is 14.1 Å². The number of aromatic nitrogens is 1. The predicted molar refractivity (Wildman–Crippen MR) is 131 cm³/mol. The van der Waals surface area contributed by atoms with Gasteiger partial charge in [-0.1, -0.05) is 38.0 Å². The molecule has 34 heavy (non-hydrogen) atoms. The molecule has 0 radical (unpaired) electrons. The fraction of sp³-hybridized carbons (Fsp3) is 0.393. The lowest BCUT2D eigenvalue weighted by molar-refractivity contribution is -0.125. The number of esters is 1. The fourth-order valence-corrected chi connectivity index (χ4v) is 5.24. The molecule has 0 unspecified atom stereocenters. The zero-order valence-corrected chi connectivity index (χ0v) is 19.5. The first-order valence-corrected chi connectivity index (χ1v) is 12.2. The number of para-hydroxylation sites is 1. The normalized spacial score (nSPS) is 21.3. The van der Waals surface area contributed by atoms with E-state index >= 15 is 0 Å². The Balaban J connectivity index is 1.42. The van der Waals surface area contributed by atoms with Crippen molar-refractivity contribution in [2.45, 2.75) is 57.9 Å². The zero-order valence-electron chi connectivity index (χ0n) is 19.5. The first kappa shape index (κ1) is 22.4. The SMILES string of the molecule is C[C@@H]1CCCC[C@H]1NC(=O)COC(=O)c1c2c(nc3ccccc13)/C(=C/c1ccco1)CCC2. The zero-order chi connectivity index (χ0) is 23.5. The number of carbonyl (C=O) groups excluding carboxylic acids is 2. The summed E-state index contributed by atoms with van der Waals surface area (Å²) in [6, 6.07) is 11.5. The van der Waals surface area contributed by atoms with Gasteiger partial charge in [-0.25, -0.2) is 9.78 Å². The maximum atomic E-state index is 13.3. The Bertz CT molecular complexity index is 1230. The van der Waals surface area contributed by atoms with Gasteiger partial charge < -0.3 is 14.5 Å². The molecule has 0 spiro atoms. The highest BCUT2D eigenvalue weighted by molar-refractivity contribution is 6.07. The van der Waals surface area contributed by atoms with Crippen LogP contribution in [0.5, 0.6) is 0 Å². The van der Waals surface area contributed by atoms with Crippen molar-refractivity contribution in [3.8, 4) is 0 Å². The summed E-state index contributed by atoms with van der Waals surface area (Å²) in [4.78, 5) is 30.8. The number of amides is 1. The number of nitrogens with one attached hydrogen (secondary N) is 1. The van der Waals surface area contributed by atoms with Crippen LogP contribution < -0.4 is 5.32 Å². The Morgan fingerprint density at radius 1 is 1.12 bits per heavy atom. The standard InChI is InChI=1S/C28H30N2O4/c1-18-8-2-4-13-23(18)29-25(31)17-34-28(32)26-21-11-3-5-14-24(21)30-27-19(9-6-12-22(26)27)16-20-10-7-15-33-20/h3,5,7,10-11,14-16,18,23H,2,4,6,8-9,12-13,17H2,1H3,(H,29,31)/b19-16+/t18-,23-/m1/s1. The number of hydrogen-bond acceptors (Lipinski definition) is 5. The lowest BCUT2D eigenvalue weighted by Crippen LogP contribution is -2.42. The Labute approximate surface area is 199 Å². The monoisotopic (exact) mass is 458 g/mol. The van der Waals surface area contributed by atoms with Crippen LogP contribution in [0.2, 0.25) is 0 Å². The summed E-state index contributed by atoms with van der Waals surface area (Å²) in [5.41, 5.74) is 3.99. The molecule has 0 saturated heterocycles. The molecule has 2 aliphatic carbocycles. The van der Waals surface area contributed by atoms with Crippen molar-refractivity contribution < 1.29 is 18.7 Å². The second kappa shape index (κ2) is 9.84. The molecular formula is C28H30N2O4. The number of hydrogen-bond donors (Lipinski definition) is 1. The molecule has 0 aliphatic heterocycles. The number of pyridine rings is 1. The van der Waals surface area contributed by atoms with Gasteiger partial charge in [0.25, 0.3) is 5.91 Å². The molecule has 1 aromatic carbocycles. The summed E-state index contributed by atoms with van der Waals surface area (Å²) in [6.45, 7) is 1.89. The molecule has 6 heteroatoms. The van der Waals surface area contributed by atoms with E-state index < -0.39 is 5.97 Å². The number of fused-ring (bicyclic) bond motifs is 2. The highest BCUT2D eigenvalue weighted by atomic mass is 16.5. The van der Waals surface area contributed by atoms with Crippen LogP contribution in [-0.4, -0.2) is 29.5 Å². The molecule has 2 aromatic heterocycles. The van der Waals surface area contributed by atoms with Gasteiger partial charge in [0.15, 0.2) is 6.61 Å². The quantitative estimate of drug-likeness (QED) is 0.507. The molecule has 5 rings (SSSR count). The summed E-state index contributed by atoms with van der Waals surface area (Å²) >= 11 is 0. The van der Waals surface area contributed by atoms with Gasteiger partial charge in [0.2, 0.25) is 0 Å². The molecule has 1 saturated carbocycles.